The van der Waals surface area contributed by atoms with Gasteiger partial charge in [0.25, 0.3) is 0 Å². The zero-order chi connectivity index (χ0) is 15.4. The van der Waals surface area contributed by atoms with E-state index < -0.39 is 44.4 Å². The number of alkyl halides is 6. The maximum atomic E-state index is 13.6. The van der Waals surface area contributed by atoms with Crippen molar-refractivity contribution >= 4 is 0 Å². The third kappa shape index (κ3) is 3.35. The Labute approximate surface area is 111 Å². The summed E-state index contributed by atoms with van der Waals surface area (Å²) in [5, 5.41) is 0. The van der Waals surface area contributed by atoms with Gasteiger partial charge in [0.1, 0.15) is 0 Å². The molecule has 0 unspecified atom stereocenters. The molecular formula is C10H15F6NO3. The Balaban J connectivity index is 2.82. The summed E-state index contributed by atoms with van der Waals surface area (Å²) < 4.78 is 93.2. The molecule has 1 fully saturated rings. The second kappa shape index (κ2) is 6.46. The van der Waals surface area contributed by atoms with Gasteiger partial charge in [-0.1, -0.05) is 0 Å². The van der Waals surface area contributed by atoms with Crippen LogP contribution in [0.4, 0.5) is 26.3 Å². The predicted molar refractivity (Wildman–Crippen MR) is 55.1 cm³/mol. The SMILES string of the molecule is COCCOC(F)(F)C(F)(F)C(F)(F)N1CCOCC1. The number of halogens is 6. The van der Waals surface area contributed by atoms with E-state index in [1.165, 1.54) is 0 Å². The van der Waals surface area contributed by atoms with Gasteiger partial charge in [-0.2, -0.15) is 26.3 Å². The van der Waals surface area contributed by atoms with Crippen molar-refractivity contribution < 1.29 is 40.6 Å². The van der Waals surface area contributed by atoms with Crippen LogP contribution >= 0.6 is 0 Å². The summed E-state index contributed by atoms with van der Waals surface area (Å²) in [4.78, 5) is -0.0376. The van der Waals surface area contributed by atoms with E-state index in [9.17, 15) is 26.3 Å². The Hall–Kier alpha value is -0.580. The molecule has 1 saturated heterocycles. The van der Waals surface area contributed by atoms with Gasteiger partial charge in [0, 0.05) is 20.2 Å². The molecule has 1 aliphatic rings. The smallest absolute Gasteiger partial charge is 0.382 e. The molecule has 0 saturated carbocycles. The average molecular weight is 311 g/mol. The van der Waals surface area contributed by atoms with Gasteiger partial charge < -0.3 is 14.2 Å². The minimum atomic E-state index is -5.68. The van der Waals surface area contributed by atoms with Crippen LogP contribution < -0.4 is 0 Å². The van der Waals surface area contributed by atoms with Crippen molar-refractivity contribution in [1.29, 1.82) is 0 Å². The number of hydrogen-bond acceptors (Lipinski definition) is 4. The van der Waals surface area contributed by atoms with Crippen molar-refractivity contribution in [3.05, 3.63) is 0 Å². The molecule has 0 radical (unpaired) electrons. The molecule has 0 bridgehead atoms. The highest BCUT2D eigenvalue weighted by Crippen LogP contribution is 2.47. The number of hydrogen-bond donors (Lipinski definition) is 0. The van der Waals surface area contributed by atoms with Gasteiger partial charge in [-0.15, -0.1) is 0 Å². The lowest BCUT2D eigenvalue weighted by Crippen LogP contribution is -2.64. The summed E-state index contributed by atoms with van der Waals surface area (Å²) in [7, 11) is 1.13. The lowest BCUT2D eigenvalue weighted by atomic mass is 10.2. The van der Waals surface area contributed by atoms with E-state index in [0.717, 1.165) is 7.11 Å². The first-order valence-electron chi connectivity index (χ1n) is 5.76. The Morgan fingerprint density at radius 2 is 1.55 bits per heavy atom. The highest BCUT2D eigenvalue weighted by atomic mass is 19.4. The monoisotopic (exact) mass is 311 g/mol. The minimum Gasteiger partial charge on any atom is -0.382 e. The van der Waals surface area contributed by atoms with E-state index in [0.29, 0.717) is 0 Å². The first-order chi connectivity index (χ1) is 9.17. The lowest BCUT2D eigenvalue weighted by Gasteiger charge is -2.40. The zero-order valence-electron chi connectivity index (χ0n) is 10.7. The predicted octanol–water partition coefficient (Wildman–Crippen LogP) is 1.80. The van der Waals surface area contributed by atoms with E-state index in [-0.39, 0.29) is 18.1 Å². The van der Waals surface area contributed by atoms with Gasteiger partial charge in [-0.05, 0) is 0 Å². The van der Waals surface area contributed by atoms with Crippen LogP contribution in [-0.4, -0.2) is 69.6 Å². The number of rotatable bonds is 7. The first-order valence-corrected chi connectivity index (χ1v) is 5.76. The van der Waals surface area contributed by atoms with Crippen molar-refractivity contribution in [2.24, 2.45) is 0 Å². The first kappa shape index (κ1) is 17.5. The van der Waals surface area contributed by atoms with Crippen molar-refractivity contribution in [1.82, 2.24) is 4.90 Å². The Morgan fingerprint density at radius 1 is 1.00 bits per heavy atom. The fraction of sp³-hybridized carbons (Fsp3) is 1.00. The number of nitrogens with zero attached hydrogens (tertiary/aromatic N) is 1. The molecule has 0 N–H and O–H groups in total. The molecular weight excluding hydrogens is 296 g/mol. The van der Waals surface area contributed by atoms with Gasteiger partial charge >= 0.3 is 18.1 Å². The largest absolute Gasteiger partial charge is 0.427 e. The molecule has 1 heterocycles. The van der Waals surface area contributed by atoms with E-state index in [4.69, 9.17) is 4.74 Å². The maximum Gasteiger partial charge on any atom is 0.427 e. The number of ether oxygens (including phenoxy) is 3. The molecule has 120 valence electrons. The standard InChI is InChI=1S/C10H15F6NO3/c1-18-6-7-20-10(15,16)8(11,12)9(13,14)17-2-4-19-5-3-17/h2-7H2,1H3. The van der Waals surface area contributed by atoms with Crippen molar-refractivity contribution in [3.63, 3.8) is 0 Å². The van der Waals surface area contributed by atoms with E-state index in [1.54, 1.807) is 0 Å². The van der Waals surface area contributed by atoms with Crippen molar-refractivity contribution in [3.8, 4) is 0 Å². The summed E-state index contributed by atoms with van der Waals surface area (Å²) in [6.45, 7) is -2.97. The Morgan fingerprint density at radius 3 is 2.05 bits per heavy atom. The summed E-state index contributed by atoms with van der Waals surface area (Å²) in [6.07, 6.45) is -5.31. The van der Waals surface area contributed by atoms with Gasteiger partial charge in [-0.25, -0.2) is 4.90 Å². The summed E-state index contributed by atoms with van der Waals surface area (Å²) in [5.41, 5.74) is 0. The van der Waals surface area contributed by atoms with Crippen molar-refractivity contribution in [2.75, 3.05) is 46.6 Å². The molecule has 0 spiro atoms. The Kier molecular flexibility index (Phi) is 5.64. The van der Waals surface area contributed by atoms with Crippen LogP contribution in [0.15, 0.2) is 0 Å². The molecule has 0 aromatic carbocycles. The van der Waals surface area contributed by atoms with Crippen LogP contribution in [0.2, 0.25) is 0 Å². The van der Waals surface area contributed by atoms with E-state index >= 15 is 0 Å². The van der Waals surface area contributed by atoms with Crippen LogP contribution in [0, 0.1) is 0 Å². The third-order valence-corrected chi connectivity index (χ3v) is 2.72. The van der Waals surface area contributed by atoms with Crippen LogP contribution in [-0.2, 0) is 14.2 Å². The molecule has 0 aromatic heterocycles. The van der Waals surface area contributed by atoms with Gasteiger partial charge in [-0.3, -0.25) is 0 Å². The third-order valence-electron chi connectivity index (χ3n) is 2.72. The highest BCUT2D eigenvalue weighted by Gasteiger charge is 2.75. The molecule has 0 atom stereocenters. The molecule has 10 heteroatoms. The quantitative estimate of drug-likeness (QED) is 0.408. The molecule has 1 rings (SSSR count). The highest BCUT2D eigenvalue weighted by molar-refractivity contribution is 4.92. The number of methoxy groups -OCH3 is 1. The molecule has 20 heavy (non-hydrogen) atoms. The fourth-order valence-corrected chi connectivity index (χ4v) is 1.56. The van der Waals surface area contributed by atoms with Gasteiger partial charge in [0.15, 0.2) is 0 Å². The van der Waals surface area contributed by atoms with Gasteiger partial charge in [0.05, 0.1) is 26.4 Å². The zero-order valence-corrected chi connectivity index (χ0v) is 10.7. The van der Waals surface area contributed by atoms with Crippen LogP contribution in [0.1, 0.15) is 0 Å². The Bertz CT molecular complexity index is 309. The summed E-state index contributed by atoms with van der Waals surface area (Å²) in [6, 6.07) is -5.05. The second-order valence-corrected chi connectivity index (χ2v) is 4.07. The second-order valence-electron chi connectivity index (χ2n) is 4.07. The molecule has 0 aromatic rings. The molecule has 1 aliphatic heterocycles. The fourth-order valence-electron chi connectivity index (χ4n) is 1.56. The lowest BCUT2D eigenvalue weighted by molar-refractivity contribution is -0.425. The normalized spacial score (nSPS) is 19.4. The van der Waals surface area contributed by atoms with Crippen LogP contribution in [0.5, 0.6) is 0 Å². The average Bonchev–Trinajstić information content (AvgIpc) is 2.39. The van der Waals surface area contributed by atoms with E-state index in [1.807, 2.05) is 0 Å². The molecule has 0 amide bonds. The summed E-state index contributed by atoms with van der Waals surface area (Å²) in [5.74, 6) is -5.68. The van der Waals surface area contributed by atoms with E-state index in [2.05, 4.69) is 9.47 Å². The van der Waals surface area contributed by atoms with Crippen LogP contribution in [0.3, 0.4) is 0 Å². The topological polar surface area (TPSA) is 30.9 Å². The van der Waals surface area contributed by atoms with Crippen LogP contribution in [0.25, 0.3) is 0 Å². The number of morpholine rings is 1. The van der Waals surface area contributed by atoms with Gasteiger partial charge in [0.2, 0.25) is 0 Å². The molecule has 0 aliphatic carbocycles. The molecule has 4 nitrogen and oxygen atoms in total. The summed E-state index contributed by atoms with van der Waals surface area (Å²) >= 11 is 0. The minimum absolute atomic E-state index is 0.0376. The van der Waals surface area contributed by atoms with Crippen molar-refractivity contribution in [2.45, 2.75) is 18.1 Å². The maximum absolute atomic E-state index is 13.6.